The summed E-state index contributed by atoms with van der Waals surface area (Å²) in [5.74, 6) is -7.88. The Bertz CT molecular complexity index is 2060. The summed E-state index contributed by atoms with van der Waals surface area (Å²) < 4.78 is 24.6. The molecule has 0 aromatic heterocycles. The minimum atomic E-state index is -1.99. The normalized spacial score (nSPS) is 37.0. The zero-order valence-electron chi connectivity index (χ0n) is 32.8. The molecule has 15 heteroatoms. The maximum Gasteiger partial charge on any atom is 0.312 e. The molecule has 15 nitrogen and oxygen atoms in total. The number of piperidine rings is 1. The number of carbonyl (C=O) groups excluding carboxylic acids is 4. The van der Waals surface area contributed by atoms with Crippen molar-refractivity contribution in [3.8, 4) is 11.5 Å². The minimum Gasteiger partial charge on any atom is -0.507 e. The lowest BCUT2D eigenvalue weighted by Gasteiger charge is -2.46. The molecule has 1 saturated heterocycles. The van der Waals surface area contributed by atoms with Crippen LogP contribution in [-0.2, 0) is 29.2 Å². The number of fused-ring (bicyclic) bond motifs is 5. The number of amides is 1. The Kier molecular flexibility index (Phi) is 9.83. The molecule has 300 valence electrons. The smallest absolute Gasteiger partial charge is 0.312 e. The highest BCUT2D eigenvalue weighted by molar-refractivity contribution is 6.34. The molecule has 7 rings (SSSR count). The number of aliphatic hydroxyl groups excluding tert-OH is 2. The highest BCUT2D eigenvalue weighted by atomic mass is 16.7. The number of aliphatic hydroxyl groups is 2. The summed E-state index contributed by atoms with van der Waals surface area (Å²) in [6.07, 6.45) is 3.70. The molecule has 9 atom stereocenters. The Morgan fingerprint density at radius 2 is 1.68 bits per heavy atom. The fourth-order valence-electron chi connectivity index (χ4n) is 9.20. The van der Waals surface area contributed by atoms with E-state index in [1.165, 1.54) is 33.3 Å². The monoisotopic (exact) mass is 774 g/mol. The molecule has 56 heavy (non-hydrogen) atoms. The number of methoxy groups -OCH3 is 1. The van der Waals surface area contributed by atoms with E-state index in [4.69, 9.17) is 23.9 Å². The van der Waals surface area contributed by atoms with Crippen LogP contribution in [0.1, 0.15) is 93.2 Å². The van der Waals surface area contributed by atoms with Crippen LogP contribution in [-0.4, -0.2) is 101 Å². The Morgan fingerprint density at radius 1 is 0.982 bits per heavy atom. The molecule has 0 saturated carbocycles. The van der Waals surface area contributed by atoms with Crippen molar-refractivity contribution in [3.63, 3.8) is 0 Å². The Balaban J connectivity index is 1.61. The third-order valence-electron chi connectivity index (χ3n) is 12.5. The zero-order valence-corrected chi connectivity index (χ0v) is 32.8. The fraction of sp³-hybridized carbons (Fsp3) is 0.537. The van der Waals surface area contributed by atoms with Crippen molar-refractivity contribution >= 4 is 29.2 Å². The van der Waals surface area contributed by atoms with Crippen LogP contribution >= 0.6 is 0 Å². The van der Waals surface area contributed by atoms with Gasteiger partial charge in [-0.25, -0.2) is 0 Å². The number of allylic oxidation sites excluding steroid dienone is 4. The molecule has 6 aliphatic rings. The molecule has 6 N–H and O–H groups in total. The SMILES string of the molecule is CO[C@H]1/C=C/O[C@@]2(C)Oc3c(c4c5c(O)c3[C@]1(C)[C@@H](OC(C)=O)[C@H](C)[C@H](O)[C@H](C)[C@@H](O)[C@@H](C)/C=C/C=C(/C)C(=O)NC(=C1NC3(CCNCC3)N=C14)C5=O)C2=O. The summed E-state index contributed by atoms with van der Waals surface area (Å²) in [5.41, 5.74) is -2.77. The van der Waals surface area contributed by atoms with Gasteiger partial charge in [0.2, 0.25) is 5.78 Å². The van der Waals surface area contributed by atoms with Crippen LogP contribution in [0.5, 0.6) is 11.5 Å². The van der Waals surface area contributed by atoms with E-state index in [1.54, 1.807) is 52.8 Å². The Labute approximate surface area is 324 Å². The maximum absolute atomic E-state index is 15.1. The van der Waals surface area contributed by atoms with Gasteiger partial charge < -0.3 is 50.2 Å². The molecule has 5 heterocycles. The van der Waals surface area contributed by atoms with Crippen LogP contribution in [0.25, 0.3) is 0 Å². The minimum absolute atomic E-state index is 0.00723. The van der Waals surface area contributed by atoms with Crippen LogP contribution in [0.4, 0.5) is 0 Å². The molecule has 0 radical (unpaired) electrons. The number of rotatable bonds is 2. The zero-order chi connectivity index (χ0) is 40.6. The molecule has 1 spiro atoms. The van der Waals surface area contributed by atoms with Gasteiger partial charge in [0.1, 0.15) is 29.0 Å². The summed E-state index contributed by atoms with van der Waals surface area (Å²) in [5, 5.41) is 45.8. The van der Waals surface area contributed by atoms with Crippen LogP contribution < -0.4 is 20.7 Å². The second-order valence-electron chi connectivity index (χ2n) is 16.2. The van der Waals surface area contributed by atoms with Crippen LogP contribution in [0, 0.1) is 17.8 Å². The first kappa shape index (κ1) is 39.4. The van der Waals surface area contributed by atoms with Gasteiger partial charge in [0.25, 0.3) is 11.7 Å². The number of ketones is 2. The third kappa shape index (κ3) is 5.89. The molecule has 0 unspecified atom stereocenters. The number of benzene rings is 1. The van der Waals surface area contributed by atoms with Gasteiger partial charge in [0.15, 0.2) is 0 Å². The number of carbonyl (C=O) groups is 4. The van der Waals surface area contributed by atoms with Gasteiger partial charge in [-0.3, -0.25) is 24.2 Å². The highest BCUT2D eigenvalue weighted by Gasteiger charge is 2.60. The number of nitrogens with zero attached hydrogens (tertiary/aromatic N) is 1. The highest BCUT2D eigenvalue weighted by Crippen LogP contribution is 2.57. The van der Waals surface area contributed by atoms with Crippen LogP contribution in [0.2, 0.25) is 0 Å². The van der Waals surface area contributed by atoms with E-state index in [9.17, 15) is 29.7 Å². The quantitative estimate of drug-likeness (QED) is 0.239. The molecule has 5 bridgehead atoms. The number of esters is 1. The van der Waals surface area contributed by atoms with Crippen molar-refractivity contribution in [1.82, 2.24) is 16.0 Å². The first-order chi connectivity index (χ1) is 26.4. The van der Waals surface area contributed by atoms with Crippen molar-refractivity contribution in [2.45, 2.75) is 103 Å². The van der Waals surface area contributed by atoms with Gasteiger partial charge in [0, 0.05) is 62.7 Å². The average molecular weight is 775 g/mol. The van der Waals surface area contributed by atoms with Gasteiger partial charge in [-0.1, -0.05) is 39.0 Å². The molecule has 1 fully saturated rings. The standard InChI is InChI=1S/C41H50N4O11/c1-18-10-9-11-19(2)38(52)43-30-29-28(44-41(45-29)13-15-42-16-14-41)24-25(34(30)50)33(49)27-35-26(24)36(51)40(7,56-35)54-17-12-23(53-8)39(27,6)37(55-22(5)46)21(4)32(48)20(3)31(18)47/h9-12,17-18,20-21,23,31-32,37,42,45,47-49H,13-16H2,1-8H3,(H,43,52)/b10-9+,17-12+,19-11-/t18-,20+,21+,23-,31-,32+,37-,39+,40-/m0/s1. The number of aliphatic imine (C=N–C) groups is 1. The Hall–Kier alpha value is -4.83. The average Bonchev–Trinajstić information content (AvgIpc) is 3.66. The fourth-order valence-corrected chi connectivity index (χ4v) is 9.20. The first-order valence-electron chi connectivity index (χ1n) is 19.0. The second kappa shape index (κ2) is 14.0. The number of hydrogen-bond acceptors (Lipinski definition) is 14. The summed E-state index contributed by atoms with van der Waals surface area (Å²) in [4.78, 5) is 61.9. The van der Waals surface area contributed by atoms with Crippen LogP contribution in [0.3, 0.4) is 0 Å². The third-order valence-corrected chi connectivity index (χ3v) is 12.5. The molecule has 1 aliphatic carbocycles. The van der Waals surface area contributed by atoms with E-state index in [0.29, 0.717) is 25.9 Å². The number of Topliss-reactive ketones (excluding diaryl/α,β-unsaturated/α-hetero) is 2. The molecular weight excluding hydrogens is 724 g/mol. The van der Waals surface area contributed by atoms with E-state index in [-0.39, 0.29) is 50.7 Å². The lowest BCUT2D eigenvalue weighted by atomic mass is 9.64. The van der Waals surface area contributed by atoms with Gasteiger partial charge >= 0.3 is 11.8 Å². The van der Waals surface area contributed by atoms with E-state index in [2.05, 4.69) is 16.0 Å². The van der Waals surface area contributed by atoms with Gasteiger partial charge in [-0.05, 0) is 33.0 Å². The molecular formula is C41H50N4O11. The van der Waals surface area contributed by atoms with Crippen LogP contribution in [0.15, 0.2) is 52.5 Å². The number of aromatic hydroxyl groups is 1. The van der Waals surface area contributed by atoms with E-state index in [1.807, 2.05) is 0 Å². The molecule has 1 amide bonds. The van der Waals surface area contributed by atoms with E-state index in [0.717, 1.165) is 0 Å². The summed E-state index contributed by atoms with van der Waals surface area (Å²) in [7, 11) is 1.39. The van der Waals surface area contributed by atoms with E-state index >= 15 is 4.79 Å². The molecule has 1 aromatic carbocycles. The lowest BCUT2D eigenvalue weighted by Crippen LogP contribution is -2.55. The van der Waals surface area contributed by atoms with E-state index < -0.39 is 88.2 Å². The number of phenols is 1. The van der Waals surface area contributed by atoms with Gasteiger partial charge in [0.05, 0.1) is 58.1 Å². The number of phenolic OH excluding ortho intramolecular Hbond substituents is 1. The molecule has 5 aliphatic heterocycles. The molecule has 1 aromatic rings. The summed E-state index contributed by atoms with van der Waals surface area (Å²) in [6.45, 7) is 12.1. The summed E-state index contributed by atoms with van der Waals surface area (Å²) >= 11 is 0. The Morgan fingerprint density at radius 3 is 2.34 bits per heavy atom. The first-order valence-corrected chi connectivity index (χ1v) is 19.0. The van der Waals surface area contributed by atoms with Gasteiger partial charge in [-0.15, -0.1) is 0 Å². The predicted molar refractivity (Wildman–Crippen MR) is 202 cm³/mol. The van der Waals surface area contributed by atoms with Crippen molar-refractivity contribution in [1.29, 1.82) is 0 Å². The predicted octanol–water partition coefficient (Wildman–Crippen LogP) is 2.57. The van der Waals surface area contributed by atoms with Crippen molar-refractivity contribution in [2.75, 3.05) is 20.2 Å². The van der Waals surface area contributed by atoms with Crippen molar-refractivity contribution < 1.29 is 53.4 Å². The maximum atomic E-state index is 15.1. The largest absolute Gasteiger partial charge is 0.507 e. The number of ether oxygens (including phenoxy) is 4. The number of hydrogen-bond donors (Lipinski definition) is 6. The number of nitrogens with one attached hydrogen (secondary N) is 3. The lowest BCUT2D eigenvalue weighted by molar-refractivity contribution is -0.164. The van der Waals surface area contributed by atoms with Crippen molar-refractivity contribution in [2.24, 2.45) is 22.7 Å². The second-order valence-corrected chi connectivity index (χ2v) is 16.2. The topological polar surface area (TPSA) is 214 Å². The van der Waals surface area contributed by atoms with Crippen molar-refractivity contribution in [3.05, 3.63) is 69.8 Å². The van der Waals surface area contributed by atoms with Gasteiger partial charge in [-0.2, -0.15) is 0 Å². The summed E-state index contributed by atoms with van der Waals surface area (Å²) in [6, 6.07) is 0.